The standard InChI is InChI=1S/C22H21ClFN3O5S2/c23-16-1-5-18(6-2-16)25-34(30,31)22-15-19(7-10-21(22)27-11-13-32-14-12-27)26-33(28,29)20-8-3-17(24)4-9-20/h1-10,15,25-26H,11-14H2. The van der Waals surface area contributed by atoms with Crippen LogP contribution in [-0.4, -0.2) is 43.1 Å². The number of benzene rings is 3. The van der Waals surface area contributed by atoms with E-state index in [-0.39, 0.29) is 15.5 Å². The summed E-state index contributed by atoms with van der Waals surface area (Å²) in [6, 6.07) is 14.7. The lowest BCUT2D eigenvalue weighted by Gasteiger charge is -2.30. The van der Waals surface area contributed by atoms with Crippen LogP contribution in [0.25, 0.3) is 0 Å². The van der Waals surface area contributed by atoms with Gasteiger partial charge in [0.05, 0.1) is 29.5 Å². The van der Waals surface area contributed by atoms with Crippen molar-refractivity contribution in [2.24, 2.45) is 0 Å². The summed E-state index contributed by atoms with van der Waals surface area (Å²) in [7, 11) is -8.19. The Kier molecular flexibility index (Phi) is 6.99. The lowest BCUT2D eigenvalue weighted by atomic mass is 10.2. The summed E-state index contributed by atoms with van der Waals surface area (Å²) in [5.74, 6) is -0.574. The Bertz CT molecular complexity index is 1380. The van der Waals surface area contributed by atoms with E-state index in [1.165, 1.54) is 24.3 Å². The number of anilines is 3. The Labute approximate surface area is 202 Å². The van der Waals surface area contributed by atoms with Gasteiger partial charge in [-0.2, -0.15) is 0 Å². The zero-order valence-corrected chi connectivity index (χ0v) is 20.1. The van der Waals surface area contributed by atoms with E-state index >= 15 is 0 Å². The lowest BCUT2D eigenvalue weighted by molar-refractivity contribution is 0.122. The van der Waals surface area contributed by atoms with Gasteiger partial charge in [0.15, 0.2) is 0 Å². The zero-order chi connectivity index (χ0) is 24.3. The number of halogens is 2. The fourth-order valence-corrected chi connectivity index (χ4v) is 5.90. The molecule has 2 N–H and O–H groups in total. The number of morpholine rings is 1. The summed E-state index contributed by atoms with van der Waals surface area (Å²) in [5, 5.41) is 0.453. The molecule has 34 heavy (non-hydrogen) atoms. The second-order valence-corrected chi connectivity index (χ2v) is 11.2. The van der Waals surface area contributed by atoms with Crippen molar-refractivity contribution in [3.05, 3.63) is 77.6 Å². The molecule has 1 saturated heterocycles. The molecule has 1 fully saturated rings. The Morgan fingerprint density at radius 1 is 0.794 bits per heavy atom. The summed E-state index contributed by atoms with van der Waals surface area (Å²) in [6.07, 6.45) is 0. The second kappa shape index (κ2) is 9.79. The molecule has 180 valence electrons. The van der Waals surface area contributed by atoms with Crippen LogP contribution in [0.15, 0.2) is 76.5 Å². The van der Waals surface area contributed by atoms with Crippen LogP contribution in [0.1, 0.15) is 0 Å². The molecule has 1 aliphatic heterocycles. The fraction of sp³-hybridized carbons (Fsp3) is 0.182. The van der Waals surface area contributed by atoms with Crippen molar-refractivity contribution in [3.63, 3.8) is 0 Å². The molecule has 0 unspecified atom stereocenters. The molecule has 0 amide bonds. The van der Waals surface area contributed by atoms with Gasteiger partial charge in [0.1, 0.15) is 10.7 Å². The number of rotatable bonds is 7. The van der Waals surface area contributed by atoms with Gasteiger partial charge in [-0.3, -0.25) is 9.44 Å². The maximum Gasteiger partial charge on any atom is 0.264 e. The highest BCUT2D eigenvalue weighted by atomic mass is 35.5. The van der Waals surface area contributed by atoms with E-state index in [0.717, 1.165) is 24.3 Å². The van der Waals surface area contributed by atoms with Gasteiger partial charge in [-0.1, -0.05) is 11.6 Å². The topological polar surface area (TPSA) is 105 Å². The van der Waals surface area contributed by atoms with E-state index in [2.05, 4.69) is 9.44 Å². The maximum atomic E-state index is 13.4. The molecule has 12 heteroatoms. The minimum Gasteiger partial charge on any atom is -0.378 e. The van der Waals surface area contributed by atoms with Crippen LogP contribution in [0, 0.1) is 5.82 Å². The van der Waals surface area contributed by atoms with Gasteiger partial charge in [0.2, 0.25) is 0 Å². The van der Waals surface area contributed by atoms with Gasteiger partial charge >= 0.3 is 0 Å². The SMILES string of the molecule is O=S(=O)(Nc1ccc(N2CCOCC2)c(S(=O)(=O)Nc2ccc(Cl)cc2)c1)c1ccc(F)cc1. The van der Waals surface area contributed by atoms with Gasteiger partial charge in [0, 0.05) is 23.8 Å². The first kappa shape index (κ1) is 24.3. The molecule has 0 bridgehead atoms. The Morgan fingerprint density at radius 3 is 2.03 bits per heavy atom. The molecule has 1 heterocycles. The van der Waals surface area contributed by atoms with Crippen LogP contribution in [0.4, 0.5) is 21.5 Å². The summed E-state index contributed by atoms with van der Waals surface area (Å²) in [4.78, 5) is 1.59. The van der Waals surface area contributed by atoms with Crippen molar-refractivity contribution in [3.8, 4) is 0 Å². The number of nitrogens with zero attached hydrogens (tertiary/aromatic N) is 1. The predicted octanol–water partition coefficient (Wildman–Crippen LogP) is 3.92. The maximum absolute atomic E-state index is 13.4. The van der Waals surface area contributed by atoms with Crippen molar-refractivity contribution >= 4 is 48.7 Å². The molecule has 8 nitrogen and oxygen atoms in total. The molecule has 3 aromatic carbocycles. The Balaban J connectivity index is 1.72. The third-order valence-corrected chi connectivity index (χ3v) is 8.13. The van der Waals surface area contributed by atoms with Gasteiger partial charge in [-0.15, -0.1) is 0 Å². The van der Waals surface area contributed by atoms with Crippen molar-refractivity contribution in [1.29, 1.82) is 0 Å². The highest BCUT2D eigenvalue weighted by Gasteiger charge is 2.25. The van der Waals surface area contributed by atoms with E-state index in [4.69, 9.17) is 16.3 Å². The van der Waals surface area contributed by atoms with Gasteiger partial charge in [-0.05, 0) is 66.7 Å². The third kappa shape index (κ3) is 5.61. The van der Waals surface area contributed by atoms with Crippen molar-refractivity contribution in [1.82, 2.24) is 0 Å². The van der Waals surface area contributed by atoms with Crippen LogP contribution in [-0.2, 0) is 24.8 Å². The van der Waals surface area contributed by atoms with Crippen LogP contribution in [0.5, 0.6) is 0 Å². The minimum atomic E-state index is -4.11. The average molecular weight is 526 g/mol. The van der Waals surface area contributed by atoms with E-state index < -0.39 is 25.9 Å². The van der Waals surface area contributed by atoms with Crippen LogP contribution >= 0.6 is 11.6 Å². The van der Waals surface area contributed by atoms with Crippen LogP contribution in [0.2, 0.25) is 5.02 Å². The van der Waals surface area contributed by atoms with Crippen molar-refractivity contribution < 1.29 is 26.0 Å². The number of hydrogen-bond acceptors (Lipinski definition) is 6. The van der Waals surface area contributed by atoms with E-state index in [1.54, 1.807) is 18.2 Å². The molecule has 0 aromatic heterocycles. The van der Waals surface area contributed by atoms with E-state index in [0.29, 0.717) is 42.7 Å². The monoisotopic (exact) mass is 525 g/mol. The van der Waals surface area contributed by atoms with Crippen molar-refractivity contribution in [2.75, 3.05) is 40.6 Å². The lowest BCUT2D eigenvalue weighted by Crippen LogP contribution is -2.37. The zero-order valence-electron chi connectivity index (χ0n) is 17.7. The molecular formula is C22H21ClFN3O5S2. The van der Waals surface area contributed by atoms with Crippen LogP contribution < -0.4 is 14.3 Å². The third-order valence-electron chi connectivity index (χ3n) is 5.07. The molecule has 0 atom stereocenters. The Morgan fingerprint density at radius 2 is 1.38 bits per heavy atom. The van der Waals surface area contributed by atoms with Gasteiger partial charge in [-0.25, -0.2) is 21.2 Å². The van der Waals surface area contributed by atoms with Gasteiger partial charge in [0.25, 0.3) is 20.0 Å². The first-order valence-electron chi connectivity index (χ1n) is 10.2. The normalized spacial score (nSPS) is 14.6. The molecule has 0 spiro atoms. The quantitative estimate of drug-likeness (QED) is 0.484. The Hall–Kier alpha value is -2.86. The molecular weight excluding hydrogens is 505 g/mol. The van der Waals surface area contributed by atoms with Crippen molar-refractivity contribution in [2.45, 2.75) is 9.79 Å². The van der Waals surface area contributed by atoms with Gasteiger partial charge < -0.3 is 9.64 Å². The largest absolute Gasteiger partial charge is 0.378 e. The first-order chi connectivity index (χ1) is 16.1. The van der Waals surface area contributed by atoms with E-state index in [1.807, 2.05) is 4.90 Å². The second-order valence-electron chi connectivity index (χ2n) is 7.45. The molecule has 1 aliphatic rings. The van der Waals surface area contributed by atoms with E-state index in [9.17, 15) is 21.2 Å². The molecule has 0 saturated carbocycles. The highest BCUT2D eigenvalue weighted by Crippen LogP contribution is 2.32. The molecule has 3 aromatic rings. The first-order valence-corrected chi connectivity index (χ1v) is 13.5. The number of sulfonamides is 2. The number of hydrogen-bond donors (Lipinski definition) is 2. The summed E-state index contributed by atoms with van der Waals surface area (Å²) in [6.45, 7) is 1.82. The van der Waals surface area contributed by atoms with Crippen LogP contribution in [0.3, 0.4) is 0 Å². The fourth-order valence-electron chi connectivity index (χ4n) is 3.41. The predicted molar refractivity (Wildman–Crippen MR) is 129 cm³/mol. The molecule has 0 aliphatic carbocycles. The minimum absolute atomic E-state index is 0.0396. The number of ether oxygens (including phenoxy) is 1. The summed E-state index contributed by atoms with van der Waals surface area (Å²) in [5.41, 5.74) is 0.752. The summed E-state index contributed by atoms with van der Waals surface area (Å²) < 4.78 is 75.6. The number of nitrogens with one attached hydrogen (secondary N) is 2. The highest BCUT2D eigenvalue weighted by molar-refractivity contribution is 7.93. The molecule has 4 rings (SSSR count). The smallest absolute Gasteiger partial charge is 0.264 e. The molecule has 0 radical (unpaired) electrons. The average Bonchev–Trinajstić information content (AvgIpc) is 2.81. The summed E-state index contributed by atoms with van der Waals surface area (Å²) >= 11 is 5.89.